The number of carbonyl (C=O) groups is 2. The van der Waals surface area contributed by atoms with Crippen molar-refractivity contribution in [2.45, 2.75) is 65.7 Å². The Hall–Kier alpha value is -4.24. The molecule has 5 rings (SSSR count). The predicted octanol–water partition coefficient (Wildman–Crippen LogP) is 6.43. The monoisotopic (exact) mass is 567 g/mol. The van der Waals surface area contributed by atoms with Gasteiger partial charge in [0.05, 0.1) is 28.6 Å². The van der Waals surface area contributed by atoms with Gasteiger partial charge in [-0.2, -0.15) is 10.2 Å². The molecular weight excluding hydrogens is 526 g/mol. The normalized spacial score (nSPS) is 14.9. The van der Waals surface area contributed by atoms with E-state index in [4.69, 9.17) is 5.10 Å². The number of hydrogen-bond donors (Lipinski definition) is 4. The molecule has 1 aliphatic heterocycles. The molecule has 0 bridgehead atoms. The Bertz CT molecular complexity index is 1550. The van der Waals surface area contributed by atoms with E-state index in [0.29, 0.717) is 22.8 Å². The summed E-state index contributed by atoms with van der Waals surface area (Å²) in [6.07, 6.45) is 1.75. The first-order valence-corrected chi connectivity index (χ1v) is 14.6. The van der Waals surface area contributed by atoms with Crippen LogP contribution < -0.4 is 16.0 Å². The zero-order chi connectivity index (χ0) is 30.0. The number of urea groups is 1. The molecule has 9 nitrogen and oxygen atoms in total. The number of ketones is 1. The number of aryl methyl sites for hydroxylation is 3. The Kier molecular flexibility index (Phi) is 8.31. The molecule has 2 amide bonds. The quantitative estimate of drug-likeness (QED) is 0.192. The fourth-order valence-electron chi connectivity index (χ4n) is 5.73. The number of benzene rings is 2. The number of hydrogen-bond acceptors (Lipinski definition) is 5. The second-order valence-corrected chi connectivity index (χ2v) is 12.3. The van der Waals surface area contributed by atoms with Crippen LogP contribution in [0.25, 0.3) is 5.69 Å². The predicted molar refractivity (Wildman–Crippen MR) is 167 cm³/mol. The van der Waals surface area contributed by atoms with Gasteiger partial charge in [0.2, 0.25) is 0 Å². The summed E-state index contributed by atoms with van der Waals surface area (Å²) in [5.74, 6) is 0.321. The third-order valence-corrected chi connectivity index (χ3v) is 8.05. The number of para-hydroxylation sites is 1. The number of Topliss-reactive ketones (excluding diaryl/α,β-unsaturated/α-hetero) is 1. The summed E-state index contributed by atoms with van der Waals surface area (Å²) in [7, 11) is 0. The lowest BCUT2D eigenvalue weighted by Crippen LogP contribution is -2.34. The molecule has 220 valence electrons. The molecule has 2 aromatic carbocycles. The molecule has 9 heteroatoms. The average molecular weight is 568 g/mol. The highest BCUT2D eigenvalue weighted by Gasteiger charge is 2.35. The number of aromatic nitrogens is 4. The molecule has 0 spiro atoms. The van der Waals surface area contributed by atoms with Crippen LogP contribution in [-0.4, -0.2) is 44.9 Å². The van der Waals surface area contributed by atoms with Gasteiger partial charge in [-0.25, -0.2) is 9.48 Å². The molecule has 1 aliphatic rings. The molecule has 1 unspecified atom stereocenters. The van der Waals surface area contributed by atoms with Gasteiger partial charge in [-0.15, -0.1) is 0 Å². The summed E-state index contributed by atoms with van der Waals surface area (Å²) in [5.41, 5.74) is 6.17. The first-order chi connectivity index (χ1) is 20.0. The van der Waals surface area contributed by atoms with Crippen LogP contribution in [0.5, 0.6) is 0 Å². The number of H-pyrrole nitrogens is 1. The molecule has 0 saturated carbocycles. The second-order valence-electron chi connectivity index (χ2n) is 12.3. The first kappa shape index (κ1) is 29.3. The van der Waals surface area contributed by atoms with Crippen LogP contribution in [0.3, 0.4) is 0 Å². The molecule has 1 atom stereocenters. The van der Waals surface area contributed by atoms with Crippen LogP contribution in [0, 0.1) is 26.7 Å². The zero-order valence-electron chi connectivity index (χ0n) is 25.3. The minimum atomic E-state index is -0.413. The maximum absolute atomic E-state index is 14.2. The lowest BCUT2D eigenvalue weighted by Gasteiger charge is -2.31. The van der Waals surface area contributed by atoms with Crippen molar-refractivity contribution < 1.29 is 9.59 Å². The smallest absolute Gasteiger partial charge is 0.317 e. The highest BCUT2D eigenvalue weighted by Crippen LogP contribution is 2.38. The average Bonchev–Trinajstić information content (AvgIpc) is 3.53. The number of anilines is 2. The number of piperidine rings is 1. The summed E-state index contributed by atoms with van der Waals surface area (Å²) in [5, 5.41) is 21.6. The molecule has 1 saturated heterocycles. The summed E-state index contributed by atoms with van der Waals surface area (Å²) in [4.78, 5) is 27.7. The van der Waals surface area contributed by atoms with E-state index in [-0.39, 0.29) is 17.1 Å². The van der Waals surface area contributed by atoms with Crippen molar-refractivity contribution in [3.8, 4) is 5.69 Å². The first-order valence-electron chi connectivity index (χ1n) is 14.6. The van der Waals surface area contributed by atoms with Gasteiger partial charge in [-0.05, 0) is 76.4 Å². The van der Waals surface area contributed by atoms with Crippen LogP contribution >= 0.6 is 0 Å². The molecule has 2 aromatic heterocycles. The highest BCUT2D eigenvalue weighted by atomic mass is 16.2. The largest absolute Gasteiger partial charge is 0.324 e. The van der Waals surface area contributed by atoms with Crippen LogP contribution in [0.4, 0.5) is 16.3 Å². The number of rotatable bonds is 7. The summed E-state index contributed by atoms with van der Waals surface area (Å²) in [6, 6.07) is 17.2. The van der Waals surface area contributed by atoms with Gasteiger partial charge in [0.25, 0.3) is 0 Å². The summed E-state index contributed by atoms with van der Waals surface area (Å²) in [6.45, 7) is 13.8. The van der Waals surface area contributed by atoms with Gasteiger partial charge in [0.1, 0.15) is 5.82 Å². The number of carbonyl (C=O) groups excluding carboxylic acids is 2. The minimum absolute atomic E-state index is 0.0348. The molecule has 3 heterocycles. The molecule has 1 fully saturated rings. The van der Waals surface area contributed by atoms with Crippen LogP contribution in [0.2, 0.25) is 0 Å². The Morgan fingerprint density at radius 1 is 0.976 bits per heavy atom. The van der Waals surface area contributed by atoms with Crippen molar-refractivity contribution in [2.75, 3.05) is 23.7 Å². The van der Waals surface area contributed by atoms with E-state index in [1.165, 1.54) is 0 Å². The number of nitrogens with one attached hydrogen (secondary N) is 4. The number of aromatic amines is 1. The Morgan fingerprint density at radius 3 is 2.31 bits per heavy atom. The topological polar surface area (TPSA) is 117 Å². The van der Waals surface area contributed by atoms with Crippen molar-refractivity contribution in [1.82, 2.24) is 25.3 Å². The van der Waals surface area contributed by atoms with Crippen LogP contribution in [0.1, 0.15) is 78.1 Å². The maximum atomic E-state index is 14.2. The molecule has 4 N–H and O–H groups in total. The molecule has 0 aliphatic carbocycles. The number of nitrogens with zero attached hydrogens (tertiary/aromatic N) is 3. The van der Waals surface area contributed by atoms with Crippen LogP contribution in [-0.2, 0) is 5.41 Å². The van der Waals surface area contributed by atoms with Crippen molar-refractivity contribution in [3.63, 3.8) is 0 Å². The van der Waals surface area contributed by atoms with E-state index < -0.39 is 11.9 Å². The lowest BCUT2D eigenvalue weighted by atomic mass is 9.75. The fourth-order valence-corrected chi connectivity index (χ4v) is 5.73. The zero-order valence-corrected chi connectivity index (χ0v) is 25.3. The van der Waals surface area contributed by atoms with E-state index >= 15 is 0 Å². The Labute approximate surface area is 247 Å². The minimum Gasteiger partial charge on any atom is -0.317 e. The molecule has 4 aromatic rings. The van der Waals surface area contributed by atoms with Gasteiger partial charge in [-0.3, -0.25) is 15.2 Å². The van der Waals surface area contributed by atoms with Gasteiger partial charge < -0.3 is 10.6 Å². The summed E-state index contributed by atoms with van der Waals surface area (Å²) < 4.78 is 1.76. The standard InChI is InChI=1S/C33H41N7O2/c1-20-11-13-24(14-12-20)40-28(19-27(39-40)33(4,5)6)36-32(42)35-26-10-8-7-9-25(26)30(23-15-17-34-18-16-23)31(41)29-21(2)37-38-22(29)3/h7-14,19,23,30,34H,15-18H2,1-6H3,(H,37,38)(H2,35,36,42). The van der Waals surface area contributed by atoms with Crippen molar-refractivity contribution >= 4 is 23.3 Å². The highest BCUT2D eigenvalue weighted by molar-refractivity contribution is 6.05. The van der Waals surface area contributed by atoms with E-state index in [9.17, 15) is 9.59 Å². The second kappa shape index (κ2) is 11.9. The van der Waals surface area contributed by atoms with Crippen molar-refractivity contribution in [2.24, 2.45) is 5.92 Å². The Balaban J connectivity index is 1.47. The van der Waals surface area contributed by atoms with Gasteiger partial charge in [0, 0.05) is 22.9 Å². The van der Waals surface area contributed by atoms with Crippen molar-refractivity contribution in [3.05, 3.63) is 88.4 Å². The van der Waals surface area contributed by atoms with Crippen molar-refractivity contribution in [1.29, 1.82) is 0 Å². The van der Waals surface area contributed by atoms with Gasteiger partial charge >= 0.3 is 6.03 Å². The van der Waals surface area contributed by atoms with E-state index in [1.54, 1.807) is 4.68 Å². The molecular formula is C33H41N7O2. The van der Waals surface area contributed by atoms with Gasteiger partial charge in [0.15, 0.2) is 5.78 Å². The van der Waals surface area contributed by atoms with Gasteiger partial charge in [-0.1, -0.05) is 56.7 Å². The van der Waals surface area contributed by atoms with E-state index in [0.717, 1.165) is 54.1 Å². The van der Waals surface area contributed by atoms with E-state index in [1.807, 2.05) is 75.4 Å². The summed E-state index contributed by atoms with van der Waals surface area (Å²) >= 11 is 0. The Morgan fingerprint density at radius 2 is 1.67 bits per heavy atom. The SMILES string of the molecule is Cc1ccc(-n2nc(C(C)(C)C)cc2NC(=O)Nc2ccccc2C(C(=O)c2c(C)n[nH]c2C)C2CCNCC2)cc1. The number of amides is 2. The third kappa shape index (κ3) is 6.16. The lowest BCUT2D eigenvalue weighted by molar-refractivity contribution is 0.0915. The maximum Gasteiger partial charge on any atom is 0.324 e. The molecule has 0 radical (unpaired) electrons. The van der Waals surface area contributed by atoms with Crippen LogP contribution in [0.15, 0.2) is 54.6 Å². The molecule has 42 heavy (non-hydrogen) atoms. The van der Waals surface area contributed by atoms with E-state index in [2.05, 4.69) is 46.9 Å². The third-order valence-electron chi connectivity index (χ3n) is 8.05. The fraction of sp³-hybridized carbons (Fsp3) is 0.394.